The quantitative estimate of drug-likeness (QED) is 0.740. The number of benzene rings is 1. The van der Waals surface area contributed by atoms with Crippen LogP contribution in [0.15, 0.2) is 29.3 Å². The third kappa shape index (κ3) is 4.81. The Morgan fingerprint density at radius 1 is 1.26 bits per heavy atom. The summed E-state index contributed by atoms with van der Waals surface area (Å²) in [6.45, 7) is 0.415. The van der Waals surface area contributed by atoms with Crippen LogP contribution in [0.25, 0.3) is 0 Å². The highest BCUT2D eigenvalue weighted by Gasteiger charge is 2.48. The Hall–Kier alpha value is -2.07. The minimum absolute atomic E-state index is 0.0309. The average Bonchev–Trinajstić information content (AvgIpc) is 3.06. The van der Waals surface area contributed by atoms with Crippen molar-refractivity contribution in [2.24, 2.45) is 4.99 Å². The molecule has 10 heteroatoms. The molecule has 0 saturated carbocycles. The summed E-state index contributed by atoms with van der Waals surface area (Å²) in [6, 6.07) is 7.15. The Morgan fingerprint density at radius 2 is 1.96 bits per heavy atom. The number of rotatable bonds is 6. The Balaban J connectivity index is 1.81. The van der Waals surface area contributed by atoms with Crippen LogP contribution >= 0.6 is 11.8 Å². The van der Waals surface area contributed by atoms with Gasteiger partial charge in [0.1, 0.15) is 5.75 Å². The van der Waals surface area contributed by atoms with Crippen LogP contribution in [0.2, 0.25) is 0 Å². The molecule has 1 aromatic carbocycles. The number of carboxylic acid groups (broad SMARTS) is 1. The summed E-state index contributed by atoms with van der Waals surface area (Å²) in [7, 11) is -1.54. The number of amidine groups is 1. The van der Waals surface area contributed by atoms with E-state index in [1.807, 2.05) is 29.2 Å². The van der Waals surface area contributed by atoms with Crippen LogP contribution in [-0.2, 0) is 26.0 Å². The molecule has 2 heterocycles. The normalized spacial score (nSPS) is 24.8. The van der Waals surface area contributed by atoms with Gasteiger partial charge in [0.15, 0.2) is 15.0 Å². The van der Waals surface area contributed by atoms with E-state index in [0.717, 1.165) is 5.56 Å². The van der Waals surface area contributed by atoms with Gasteiger partial charge in [-0.3, -0.25) is 9.59 Å². The number of sulfone groups is 1. The van der Waals surface area contributed by atoms with Crippen molar-refractivity contribution in [1.82, 2.24) is 4.90 Å². The lowest BCUT2D eigenvalue weighted by Crippen LogP contribution is -2.37. The molecular weight excluding hydrogens is 392 g/mol. The van der Waals surface area contributed by atoms with Gasteiger partial charge in [0.05, 0.1) is 31.1 Å². The molecule has 2 fully saturated rings. The summed E-state index contributed by atoms with van der Waals surface area (Å²) in [5, 5.41) is 9.01. The highest BCUT2D eigenvalue weighted by molar-refractivity contribution is 8.15. The van der Waals surface area contributed by atoms with Gasteiger partial charge in [-0.15, -0.1) is 0 Å². The third-order valence-corrected chi connectivity index (χ3v) is 7.71. The van der Waals surface area contributed by atoms with E-state index in [1.165, 1.54) is 11.8 Å². The van der Waals surface area contributed by atoms with E-state index < -0.39 is 21.7 Å². The number of methoxy groups -OCH3 is 1. The summed E-state index contributed by atoms with van der Waals surface area (Å²) >= 11 is 1.28. The monoisotopic (exact) mass is 412 g/mol. The maximum absolute atomic E-state index is 12.0. The van der Waals surface area contributed by atoms with E-state index in [0.29, 0.717) is 17.5 Å². The van der Waals surface area contributed by atoms with Gasteiger partial charge in [-0.05, 0) is 17.7 Å². The minimum atomic E-state index is -3.11. The summed E-state index contributed by atoms with van der Waals surface area (Å²) in [4.78, 5) is 28.6. The molecule has 0 spiro atoms. The Bertz CT molecular complexity index is 866. The Kier molecular flexibility index (Phi) is 5.75. The van der Waals surface area contributed by atoms with Crippen LogP contribution in [-0.4, -0.2) is 65.4 Å². The lowest BCUT2D eigenvalue weighted by Gasteiger charge is -2.24. The molecule has 0 aromatic heterocycles. The first-order valence-electron chi connectivity index (χ1n) is 8.37. The van der Waals surface area contributed by atoms with E-state index in [2.05, 4.69) is 4.99 Å². The van der Waals surface area contributed by atoms with Crippen LogP contribution in [0, 0.1) is 0 Å². The number of ether oxygens (including phenoxy) is 1. The van der Waals surface area contributed by atoms with Gasteiger partial charge in [0.25, 0.3) is 0 Å². The minimum Gasteiger partial charge on any atom is -0.497 e. The van der Waals surface area contributed by atoms with Crippen molar-refractivity contribution in [2.45, 2.75) is 30.7 Å². The lowest BCUT2D eigenvalue weighted by molar-refractivity contribution is -0.138. The van der Waals surface area contributed by atoms with Gasteiger partial charge in [-0.25, -0.2) is 8.42 Å². The first kappa shape index (κ1) is 19.7. The van der Waals surface area contributed by atoms with Crippen molar-refractivity contribution in [3.8, 4) is 5.75 Å². The molecule has 0 bridgehead atoms. The largest absolute Gasteiger partial charge is 0.497 e. The topological polar surface area (TPSA) is 113 Å². The molecular formula is C17H20N2O6S2. The van der Waals surface area contributed by atoms with Gasteiger partial charge in [-0.2, -0.15) is 4.99 Å². The number of carbonyl (C=O) groups excluding carboxylic acids is 1. The fourth-order valence-corrected chi connectivity index (χ4v) is 7.09. The Morgan fingerprint density at radius 3 is 2.59 bits per heavy atom. The SMILES string of the molecule is COc1ccc(CN2C(=NC(=O)CCC(=O)O)S[C@@H]3CS(=O)(=O)C[C@H]32)cc1. The van der Waals surface area contributed by atoms with Crippen molar-refractivity contribution in [3.05, 3.63) is 29.8 Å². The highest BCUT2D eigenvalue weighted by atomic mass is 32.2. The molecule has 8 nitrogen and oxygen atoms in total. The molecule has 27 heavy (non-hydrogen) atoms. The molecule has 1 amide bonds. The van der Waals surface area contributed by atoms with Crippen molar-refractivity contribution in [3.63, 3.8) is 0 Å². The van der Waals surface area contributed by atoms with Crippen molar-refractivity contribution >= 4 is 38.6 Å². The molecule has 1 N–H and O–H groups in total. The predicted molar refractivity (Wildman–Crippen MR) is 102 cm³/mol. The predicted octanol–water partition coefficient (Wildman–Crippen LogP) is 1.16. The molecule has 2 saturated heterocycles. The summed E-state index contributed by atoms with van der Waals surface area (Å²) in [6.07, 6.45) is -0.455. The average molecular weight is 412 g/mol. The van der Waals surface area contributed by atoms with E-state index in [-0.39, 0.29) is 35.6 Å². The lowest BCUT2D eigenvalue weighted by atomic mass is 10.1. The second-order valence-corrected chi connectivity index (χ2v) is 9.82. The third-order valence-electron chi connectivity index (χ3n) is 4.46. The van der Waals surface area contributed by atoms with E-state index in [4.69, 9.17) is 9.84 Å². The maximum Gasteiger partial charge on any atom is 0.303 e. The molecule has 2 aliphatic rings. The van der Waals surface area contributed by atoms with E-state index >= 15 is 0 Å². The zero-order valence-corrected chi connectivity index (χ0v) is 16.3. The number of aliphatic carboxylic acids is 1. The molecule has 3 rings (SSSR count). The molecule has 2 aliphatic heterocycles. The standard InChI is InChI=1S/C17H20N2O6S2/c1-25-12-4-2-11(3-5-12)8-19-13-9-27(23,24)10-14(13)26-17(19)18-15(20)6-7-16(21)22/h2-5,13-14H,6-10H2,1H3,(H,21,22)/t13-,14-/m1/s1. The number of hydrogen-bond donors (Lipinski definition) is 1. The zero-order valence-electron chi connectivity index (χ0n) is 14.7. The molecule has 146 valence electrons. The van der Waals surface area contributed by atoms with E-state index in [1.54, 1.807) is 7.11 Å². The molecule has 0 aliphatic carbocycles. The summed E-state index contributed by atoms with van der Waals surface area (Å²) in [5.41, 5.74) is 0.937. The summed E-state index contributed by atoms with van der Waals surface area (Å²) in [5.74, 6) is -0.760. The number of carbonyl (C=O) groups is 2. The number of aliphatic imine (C=N–C) groups is 1. The van der Waals surface area contributed by atoms with Crippen molar-refractivity contribution in [2.75, 3.05) is 18.6 Å². The zero-order chi connectivity index (χ0) is 19.6. The second kappa shape index (κ2) is 7.89. The maximum atomic E-state index is 12.0. The molecule has 2 atom stereocenters. The number of fused-ring (bicyclic) bond motifs is 1. The summed E-state index contributed by atoms with van der Waals surface area (Å²) < 4.78 is 29.1. The molecule has 1 aromatic rings. The van der Waals surface area contributed by atoms with Crippen LogP contribution in [0.1, 0.15) is 18.4 Å². The van der Waals surface area contributed by atoms with Gasteiger partial charge in [0, 0.05) is 18.2 Å². The first-order valence-corrected chi connectivity index (χ1v) is 11.1. The van der Waals surface area contributed by atoms with Gasteiger partial charge in [0.2, 0.25) is 5.91 Å². The fourth-order valence-electron chi connectivity index (χ4n) is 3.12. The van der Waals surface area contributed by atoms with Crippen LogP contribution < -0.4 is 4.74 Å². The van der Waals surface area contributed by atoms with Crippen molar-refractivity contribution < 1.29 is 27.9 Å². The van der Waals surface area contributed by atoms with Gasteiger partial charge in [-0.1, -0.05) is 23.9 Å². The molecule has 0 unspecified atom stereocenters. The van der Waals surface area contributed by atoms with E-state index in [9.17, 15) is 18.0 Å². The second-order valence-electron chi connectivity index (χ2n) is 6.46. The number of thioether (sulfide) groups is 1. The van der Waals surface area contributed by atoms with Gasteiger partial charge < -0.3 is 14.7 Å². The first-order chi connectivity index (χ1) is 12.8. The fraction of sp³-hybridized carbons (Fsp3) is 0.471. The van der Waals surface area contributed by atoms with Crippen LogP contribution in [0.4, 0.5) is 0 Å². The number of carboxylic acids is 1. The smallest absolute Gasteiger partial charge is 0.303 e. The Labute approximate surface area is 161 Å². The van der Waals surface area contributed by atoms with Crippen molar-refractivity contribution in [1.29, 1.82) is 0 Å². The number of hydrogen-bond acceptors (Lipinski definition) is 6. The van der Waals surface area contributed by atoms with Crippen LogP contribution in [0.5, 0.6) is 5.75 Å². The molecule has 0 radical (unpaired) electrons. The number of amides is 1. The van der Waals surface area contributed by atoms with Gasteiger partial charge >= 0.3 is 5.97 Å². The number of nitrogens with zero attached hydrogens (tertiary/aromatic N) is 2. The highest BCUT2D eigenvalue weighted by Crippen LogP contribution is 2.39. The van der Waals surface area contributed by atoms with Crippen LogP contribution in [0.3, 0.4) is 0 Å².